The van der Waals surface area contributed by atoms with Crippen molar-refractivity contribution in [2.45, 2.75) is 26.7 Å². The SMILES string of the molecule is CNC(=O)CCC(C)(C)CO. The highest BCUT2D eigenvalue weighted by Crippen LogP contribution is 2.20. The van der Waals surface area contributed by atoms with Gasteiger partial charge in [-0.1, -0.05) is 13.8 Å². The lowest BCUT2D eigenvalue weighted by atomic mass is 9.89. The Balaban J connectivity index is 3.61. The molecule has 66 valence electrons. The average Bonchev–Trinajstić information content (AvgIpc) is 2.00. The number of hydrogen-bond acceptors (Lipinski definition) is 2. The molecule has 0 radical (unpaired) electrons. The summed E-state index contributed by atoms with van der Waals surface area (Å²) in [5, 5.41) is 11.4. The minimum absolute atomic E-state index is 0.0338. The van der Waals surface area contributed by atoms with Crippen LogP contribution in [0.15, 0.2) is 0 Å². The smallest absolute Gasteiger partial charge is 0.219 e. The third kappa shape index (κ3) is 4.79. The van der Waals surface area contributed by atoms with Gasteiger partial charge in [0.25, 0.3) is 0 Å². The summed E-state index contributed by atoms with van der Waals surface area (Å²) >= 11 is 0. The fourth-order valence-electron chi connectivity index (χ4n) is 0.656. The average molecular weight is 159 g/mol. The summed E-state index contributed by atoms with van der Waals surface area (Å²) in [4.78, 5) is 10.8. The molecule has 0 aromatic rings. The number of hydrogen-bond donors (Lipinski definition) is 2. The molecular weight excluding hydrogens is 142 g/mol. The van der Waals surface area contributed by atoms with Gasteiger partial charge in [0.15, 0.2) is 0 Å². The van der Waals surface area contributed by atoms with Crippen molar-refractivity contribution in [2.75, 3.05) is 13.7 Å². The zero-order chi connectivity index (χ0) is 8.91. The van der Waals surface area contributed by atoms with Crippen LogP contribution in [-0.4, -0.2) is 24.7 Å². The van der Waals surface area contributed by atoms with E-state index in [-0.39, 0.29) is 17.9 Å². The Kier molecular flexibility index (Phi) is 4.11. The molecule has 0 aromatic carbocycles. The Bertz CT molecular complexity index is 132. The molecule has 3 nitrogen and oxygen atoms in total. The molecule has 0 rings (SSSR count). The predicted molar refractivity (Wildman–Crippen MR) is 44.2 cm³/mol. The number of carbonyl (C=O) groups excluding carboxylic acids is 1. The lowest BCUT2D eigenvalue weighted by Gasteiger charge is -2.20. The second kappa shape index (κ2) is 4.34. The van der Waals surface area contributed by atoms with E-state index < -0.39 is 0 Å². The molecule has 0 unspecified atom stereocenters. The quantitative estimate of drug-likeness (QED) is 0.628. The summed E-state index contributed by atoms with van der Waals surface area (Å²) in [7, 11) is 1.62. The Morgan fingerprint density at radius 1 is 1.55 bits per heavy atom. The van der Waals surface area contributed by atoms with Gasteiger partial charge in [-0.3, -0.25) is 4.79 Å². The van der Waals surface area contributed by atoms with Crippen molar-refractivity contribution >= 4 is 5.91 Å². The molecule has 0 heterocycles. The second-order valence-corrected chi connectivity index (χ2v) is 3.50. The van der Waals surface area contributed by atoms with Gasteiger partial charge in [-0.2, -0.15) is 0 Å². The normalized spacial score (nSPS) is 11.3. The molecule has 0 bridgehead atoms. The maximum atomic E-state index is 10.8. The van der Waals surface area contributed by atoms with Crippen molar-refractivity contribution in [3.8, 4) is 0 Å². The summed E-state index contributed by atoms with van der Waals surface area (Å²) in [6.07, 6.45) is 1.22. The monoisotopic (exact) mass is 159 g/mol. The number of nitrogens with one attached hydrogen (secondary N) is 1. The van der Waals surface area contributed by atoms with Crippen molar-refractivity contribution < 1.29 is 9.90 Å². The maximum absolute atomic E-state index is 10.8. The fraction of sp³-hybridized carbons (Fsp3) is 0.875. The van der Waals surface area contributed by atoms with Gasteiger partial charge < -0.3 is 10.4 Å². The molecule has 0 fully saturated rings. The number of rotatable bonds is 4. The van der Waals surface area contributed by atoms with Gasteiger partial charge in [0.2, 0.25) is 5.91 Å². The first kappa shape index (κ1) is 10.4. The molecular formula is C8H17NO2. The van der Waals surface area contributed by atoms with E-state index in [0.717, 1.165) is 6.42 Å². The highest BCUT2D eigenvalue weighted by molar-refractivity contribution is 5.75. The molecule has 1 amide bonds. The van der Waals surface area contributed by atoms with Crippen molar-refractivity contribution in [1.29, 1.82) is 0 Å². The number of carbonyl (C=O) groups is 1. The first-order valence-electron chi connectivity index (χ1n) is 3.83. The Hall–Kier alpha value is -0.570. The predicted octanol–water partition coefficient (Wildman–Crippen LogP) is 0.531. The van der Waals surface area contributed by atoms with Gasteiger partial charge in [0, 0.05) is 20.1 Å². The Morgan fingerprint density at radius 2 is 2.09 bits per heavy atom. The van der Waals surface area contributed by atoms with Crippen LogP contribution in [0.5, 0.6) is 0 Å². The molecule has 0 saturated heterocycles. The molecule has 0 aliphatic rings. The van der Waals surface area contributed by atoms with Gasteiger partial charge >= 0.3 is 0 Å². The van der Waals surface area contributed by atoms with Crippen molar-refractivity contribution in [1.82, 2.24) is 5.32 Å². The zero-order valence-corrected chi connectivity index (χ0v) is 7.48. The molecule has 3 heteroatoms. The standard InChI is InChI=1S/C8H17NO2/c1-8(2,6-10)5-4-7(11)9-3/h10H,4-6H2,1-3H3,(H,9,11). The van der Waals surface area contributed by atoms with Crippen LogP contribution < -0.4 is 5.32 Å². The fourth-order valence-corrected chi connectivity index (χ4v) is 0.656. The van der Waals surface area contributed by atoms with Crippen LogP contribution in [0.4, 0.5) is 0 Å². The van der Waals surface area contributed by atoms with Crippen LogP contribution in [0, 0.1) is 5.41 Å². The largest absolute Gasteiger partial charge is 0.396 e. The number of aliphatic hydroxyl groups excluding tert-OH is 1. The van der Waals surface area contributed by atoms with Crippen LogP contribution >= 0.6 is 0 Å². The van der Waals surface area contributed by atoms with Crippen LogP contribution in [0.2, 0.25) is 0 Å². The first-order valence-corrected chi connectivity index (χ1v) is 3.83. The highest BCUT2D eigenvalue weighted by Gasteiger charge is 2.17. The van der Waals surface area contributed by atoms with E-state index in [1.165, 1.54) is 0 Å². The molecule has 0 aliphatic carbocycles. The lowest BCUT2D eigenvalue weighted by molar-refractivity contribution is -0.121. The van der Waals surface area contributed by atoms with Crippen LogP contribution in [-0.2, 0) is 4.79 Å². The minimum Gasteiger partial charge on any atom is -0.396 e. The molecule has 11 heavy (non-hydrogen) atoms. The third-order valence-corrected chi connectivity index (χ3v) is 1.74. The van der Waals surface area contributed by atoms with Crippen LogP contribution in [0.25, 0.3) is 0 Å². The number of amides is 1. The van der Waals surface area contributed by atoms with E-state index in [1.807, 2.05) is 13.8 Å². The van der Waals surface area contributed by atoms with Crippen LogP contribution in [0.1, 0.15) is 26.7 Å². The summed E-state index contributed by atoms with van der Waals surface area (Å²) in [6.45, 7) is 4.01. The molecule has 0 aromatic heterocycles. The summed E-state index contributed by atoms with van der Waals surface area (Å²) in [6, 6.07) is 0. The maximum Gasteiger partial charge on any atom is 0.219 e. The van der Waals surface area contributed by atoms with E-state index in [1.54, 1.807) is 7.05 Å². The number of aliphatic hydroxyl groups is 1. The van der Waals surface area contributed by atoms with Gasteiger partial charge in [-0.15, -0.1) is 0 Å². The van der Waals surface area contributed by atoms with Gasteiger partial charge in [-0.25, -0.2) is 0 Å². The van der Waals surface area contributed by atoms with Gasteiger partial charge in [0.05, 0.1) is 0 Å². The molecule has 0 atom stereocenters. The third-order valence-electron chi connectivity index (χ3n) is 1.74. The highest BCUT2D eigenvalue weighted by atomic mass is 16.3. The van der Waals surface area contributed by atoms with Crippen molar-refractivity contribution in [3.05, 3.63) is 0 Å². The van der Waals surface area contributed by atoms with E-state index >= 15 is 0 Å². The zero-order valence-electron chi connectivity index (χ0n) is 7.48. The summed E-state index contributed by atoms with van der Waals surface area (Å²) in [5.41, 5.74) is -0.132. The Morgan fingerprint density at radius 3 is 2.45 bits per heavy atom. The summed E-state index contributed by atoms with van der Waals surface area (Å²) in [5.74, 6) is 0.0338. The van der Waals surface area contributed by atoms with Gasteiger partial charge in [0.1, 0.15) is 0 Å². The lowest BCUT2D eigenvalue weighted by Crippen LogP contribution is -2.23. The molecule has 2 N–H and O–H groups in total. The molecule has 0 aliphatic heterocycles. The second-order valence-electron chi connectivity index (χ2n) is 3.50. The summed E-state index contributed by atoms with van der Waals surface area (Å²) < 4.78 is 0. The van der Waals surface area contributed by atoms with E-state index in [9.17, 15) is 4.79 Å². The first-order chi connectivity index (χ1) is 5.02. The van der Waals surface area contributed by atoms with E-state index in [4.69, 9.17) is 5.11 Å². The van der Waals surface area contributed by atoms with Gasteiger partial charge in [-0.05, 0) is 11.8 Å². The van der Waals surface area contributed by atoms with E-state index in [2.05, 4.69) is 5.32 Å². The topological polar surface area (TPSA) is 49.3 Å². The van der Waals surface area contributed by atoms with Crippen LogP contribution in [0.3, 0.4) is 0 Å². The Labute approximate surface area is 67.8 Å². The van der Waals surface area contributed by atoms with Crippen molar-refractivity contribution in [2.24, 2.45) is 5.41 Å². The van der Waals surface area contributed by atoms with Crippen molar-refractivity contribution in [3.63, 3.8) is 0 Å². The minimum atomic E-state index is -0.132. The molecule has 0 saturated carbocycles. The molecule has 0 spiro atoms. The van der Waals surface area contributed by atoms with E-state index in [0.29, 0.717) is 6.42 Å².